The first kappa shape index (κ1) is 14.4. The molecule has 1 aromatic carbocycles. The number of hydrogen-bond acceptors (Lipinski definition) is 2. The zero-order valence-electron chi connectivity index (χ0n) is 13.1. The maximum Gasteiger partial charge on any atom is 0.0396 e. The van der Waals surface area contributed by atoms with E-state index >= 15 is 0 Å². The highest BCUT2D eigenvalue weighted by Crippen LogP contribution is 2.41. The van der Waals surface area contributed by atoms with Gasteiger partial charge in [0.2, 0.25) is 0 Å². The molecule has 1 saturated carbocycles. The van der Waals surface area contributed by atoms with E-state index in [2.05, 4.69) is 57.2 Å². The average molecular weight is 260 g/mol. The molecular weight excluding hydrogens is 232 g/mol. The Balaban J connectivity index is 2.16. The molecule has 0 aromatic heterocycles. The molecule has 0 amide bonds. The van der Waals surface area contributed by atoms with E-state index in [1.165, 1.54) is 41.6 Å². The molecule has 2 rings (SSSR count). The van der Waals surface area contributed by atoms with Crippen LogP contribution in [-0.2, 0) is 0 Å². The van der Waals surface area contributed by atoms with E-state index in [9.17, 15) is 0 Å². The molecule has 2 heteroatoms. The Kier molecular flexibility index (Phi) is 4.19. The average Bonchev–Trinajstić information content (AvgIpc) is 2.33. The van der Waals surface area contributed by atoms with E-state index in [1.807, 2.05) is 0 Å². The van der Waals surface area contributed by atoms with Crippen molar-refractivity contribution >= 4 is 5.69 Å². The first-order valence-corrected chi connectivity index (χ1v) is 7.42. The minimum atomic E-state index is 0.495. The Hall–Kier alpha value is -1.02. The van der Waals surface area contributed by atoms with Crippen LogP contribution >= 0.6 is 0 Å². The molecule has 106 valence electrons. The SMILES string of the molecule is CNCC1(CN(C)c2ccc(C)c(C)c2C)CCC1. The van der Waals surface area contributed by atoms with Gasteiger partial charge in [-0.3, -0.25) is 0 Å². The van der Waals surface area contributed by atoms with Gasteiger partial charge in [-0.2, -0.15) is 0 Å². The fourth-order valence-corrected chi connectivity index (χ4v) is 3.39. The zero-order valence-corrected chi connectivity index (χ0v) is 13.1. The third-order valence-electron chi connectivity index (χ3n) is 4.98. The van der Waals surface area contributed by atoms with Crippen LogP contribution in [0.4, 0.5) is 5.69 Å². The van der Waals surface area contributed by atoms with Crippen molar-refractivity contribution in [3.05, 3.63) is 28.8 Å². The van der Waals surface area contributed by atoms with Gasteiger partial charge in [-0.15, -0.1) is 0 Å². The van der Waals surface area contributed by atoms with Crippen LogP contribution in [0.15, 0.2) is 12.1 Å². The summed E-state index contributed by atoms with van der Waals surface area (Å²) in [5, 5.41) is 3.38. The standard InChI is InChI=1S/C17H28N2/c1-13-7-8-16(15(3)14(13)2)19(5)12-17(11-18-4)9-6-10-17/h7-8,18H,6,9-12H2,1-5H3. The lowest BCUT2D eigenvalue weighted by Gasteiger charge is -2.45. The van der Waals surface area contributed by atoms with Gasteiger partial charge >= 0.3 is 0 Å². The van der Waals surface area contributed by atoms with Crippen LogP contribution in [0.5, 0.6) is 0 Å². The summed E-state index contributed by atoms with van der Waals surface area (Å²) in [5.74, 6) is 0. The van der Waals surface area contributed by atoms with Gasteiger partial charge < -0.3 is 10.2 Å². The Morgan fingerprint density at radius 3 is 2.37 bits per heavy atom. The molecule has 2 nitrogen and oxygen atoms in total. The number of nitrogens with zero attached hydrogens (tertiary/aromatic N) is 1. The van der Waals surface area contributed by atoms with E-state index in [0.717, 1.165) is 13.1 Å². The molecule has 1 aliphatic rings. The number of anilines is 1. The Labute approximate surface area is 118 Å². The van der Waals surface area contributed by atoms with Crippen LogP contribution in [0, 0.1) is 26.2 Å². The van der Waals surface area contributed by atoms with Crippen LogP contribution in [0.2, 0.25) is 0 Å². The largest absolute Gasteiger partial charge is 0.374 e. The van der Waals surface area contributed by atoms with Crippen molar-refractivity contribution in [2.75, 3.05) is 32.1 Å². The molecule has 0 unspecified atom stereocenters. The minimum Gasteiger partial charge on any atom is -0.374 e. The molecule has 0 bridgehead atoms. The molecule has 0 aliphatic heterocycles. The summed E-state index contributed by atoms with van der Waals surface area (Å²) in [4.78, 5) is 2.46. The molecule has 0 radical (unpaired) electrons. The van der Waals surface area contributed by atoms with E-state index in [4.69, 9.17) is 0 Å². The topological polar surface area (TPSA) is 15.3 Å². The van der Waals surface area contributed by atoms with Crippen molar-refractivity contribution in [1.29, 1.82) is 0 Å². The van der Waals surface area contributed by atoms with Gasteiger partial charge in [0.1, 0.15) is 0 Å². The smallest absolute Gasteiger partial charge is 0.0396 e. The Bertz CT molecular complexity index is 447. The van der Waals surface area contributed by atoms with Crippen LogP contribution < -0.4 is 10.2 Å². The Morgan fingerprint density at radius 2 is 1.84 bits per heavy atom. The molecule has 0 heterocycles. The second kappa shape index (κ2) is 5.54. The van der Waals surface area contributed by atoms with Crippen LogP contribution in [-0.4, -0.2) is 27.2 Å². The summed E-state index contributed by atoms with van der Waals surface area (Å²) in [6.07, 6.45) is 4.12. The first-order valence-electron chi connectivity index (χ1n) is 7.42. The molecule has 1 aromatic rings. The second-order valence-corrected chi connectivity index (χ2v) is 6.39. The number of benzene rings is 1. The normalized spacial score (nSPS) is 17.1. The third-order valence-corrected chi connectivity index (χ3v) is 4.98. The summed E-state index contributed by atoms with van der Waals surface area (Å²) in [6, 6.07) is 4.53. The van der Waals surface area contributed by atoms with Crippen molar-refractivity contribution in [2.45, 2.75) is 40.0 Å². The highest BCUT2D eigenvalue weighted by atomic mass is 15.1. The maximum atomic E-state index is 3.38. The van der Waals surface area contributed by atoms with Gasteiger partial charge in [-0.05, 0) is 63.4 Å². The fourth-order valence-electron chi connectivity index (χ4n) is 3.39. The van der Waals surface area contributed by atoms with Gasteiger partial charge in [-0.1, -0.05) is 12.5 Å². The maximum absolute atomic E-state index is 3.38. The quantitative estimate of drug-likeness (QED) is 0.872. The van der Waals surface area contributed by atoms with E-state index in [0.29, 0.717) is 5.41 Å². The van der Waals surface area contributed by atoms with E-state index < -0.39 is 0 Å². The summed E-state index contributed by atoms with van der Waals surface area (Å²) >= 11 is 0. The van der Waals surface area contributed by atoms with Crippen LogP contribution in [0.3, 0.4) is 0 Å². The van der Waals surface area contributed by atoms with Crippen LogP contribution in [0.1, 0.15) is 36.0 Å². The van der Waals surface area contributed by atoms with Crippen molar-refractivity contribution in [3.63, 3.8) is 0 Å². The predicted molar refractivity (Wildman–Crippen MR) is 84.1 cm³/mol. The lowest BCUT2D eigenvalue weighted by molar-refractivity contribution is 0.143. The monoisotopic (exact) mass is 260 g/mol. The van der Waals surface area contributed by atoms with Gasteiger partial charge in [0.25, 0.3) is 0 Å². The predicted octanol–water partition coefficient (Wildman–Crippen LogP) is 3.44. The summed E-state index contributed by atoms with van der Waals surface area (Å²) in [6.45, 7) is 8.98. The highest BCUT2D eigenvalue weighted by Gasteiger charge is 2.37. The number of aryl methyl sites for hydroxylation is 1. The van der Waals surface area contributed by atoms with Gasteiger partial charge in [0.15, 0.2) is 0 Å². The van der Waals surface area contributed by atoms with E-state index in [-0.39, 0.29) is 0 Å². The van der Waals surface area contributed by atoms with Gasteiger partial charge in [0, 0.05) is 31.2 Å². The number of nitrogens with one attached hydrogen (secondary N) is 1. The number of rotatable bonds is 5. The summed E-state index contributed by atoms with van der Waals surface area (Å²) in [7, 11) is 4.31. The summed E-state index contributed by atoms with van der Waals surface area (Å²) < 4.78 is 0. The first-order chi connectivity index (χ1) is 8.99. The summed E-state index contributed by atoms with van der Waals surface area (Å²) in [5.41, 5.74) is 6.14. The van der Waals surface area contributed by atoms with Crippen molar-refractivity contribution in [3.8, 4) is 0 Å². The van der Waals surface area contributed by atoms with Crippen LogP contribution in [0.25, 0.3) is 0 Å². The van der Waals surface area contributed by atoms with Gasteiger partial charge in [0.05, 0.1) is 0 Å². The molecule has 1 N–H and O–H groups in total. The molecule has 0 atom stereocenters. The second-order valence-electron chi connectivity index (χ2n) is 6.39. The van der Waals surface area contributed by atoms with Crippen molar-refractivity contribution < 1.29 is 0 Å². The third kappa shape index (κ3) is 2.79. The molecule has 1 aliphatic carbocycles. The zero-order chi connectivity index (χ0) is 14.0. The van der Waals surface area contributed by atoms with Crippen molar-refractivity contribution in [1.82, 2.24) is 5.32 Å². The highest BCUT2D eigenvalue weighted by molar-refractivity contribution is 5.57. The van der Waals surface area contributed by atoms with Gasteiger partial charge in [-0.25, -0.2) is 0 Å². The fraction of sp³-hybridized carbons (Fsp3) is 0.647. The molecule has 1 fully saturated rings. The van der Waals surface area contributed by atoms with Crippen molar-refractivity contribution in [2.24, 2.45) is 5.41 Å². The Morgan fingerprint density at radius 1 is 1.16 bits per heavy atom. The number of hydrogen-bond donors (Lipinski definition) is 1. The lowest BCUT2D eigenvalue weighted by atomic mass is 9.68. The lowest BCUT2D eigenvalue weighted by Crippen LogP contribution is -2.47. The molecular formula is C17H28N2. The molecule has 0 saturated heterocycles. The van der Waals surface area contributed by atoms with E-state index in [1.54, 1.807) is 0 Å². The molecule has 19 heavy (non-hydrogen) atoms. The minimum absolute atomic E-state index is 0.495. The molecule has 0 spiro atoms.